The molecule has 1 atom stereocenters. The predicted molar refractivity (Wildman–Crippen MR) is 104 cm³/mol. The molecule has 1 aliphatic heterocycles. The fraction of sp³-hybridized carbons (Fsp3) is 0.632. The summed E-state index contributed by atoms with van der Waals surface area (Å²) in [6.45, 7) is 4.41. The number of aliphatic imine (C=N–C) groups is 1. The van der Waals surface area contributed by atoms with Crippen LogP contribution in [0.25, 0.3) is 0 Å². The average Bonchev–Trinajstić information content (AvgIpc) is 3.37. The Kier molecular flexibility index (Phi) is 6.99. The van der Waals surface area contributed by atoms with Crippen molar-refractivity contribution in [2.24, 2.45) is 10.9 Å². The summed E-state index contributed by atoms with van der Waals surface area (Å²) in [5, 5.41) is 6.86. The van der Waals surface area contributed by atoms with E-state index >= 15 is 0 Å². The van der Waals surface area contributed by atoms with Crippen molar-refractivity contribution in [3.05, 3.63) is 30.1 Å². The third-order valence-electron chi connectivity index (χ3n) is 4.86. The van der Waals surface area contributed by atoms with Crippen LogP contribution in [0.2, 0.25) is 0 Å². The molecule has 25 heavy (non-hydrogen) atoms. The minimum absolute atomic E-state index is 0.177. The lowest BCUT2D eigenvalue weighted by atomic mass is 10.1. The van der Waals surface area contributed by atoms with Crippen LogP contribution in [0.5, 0.6) is 0 Å². The van der Waals surface area contributed by atoms with E-state index in [0.717, 1.165) is 48.1 Å². The van der Waals surface area contributed by atoms with Crippen LogP contribution in [0.15, 0.2) is 34.2 Å². The van der Waals surface area contributed by atoms with Crippen LogP contribution in [0.4, 0.5) is 4.39 Å². The highest BCUT2D eigenvalue weighted by atomic mass is 32.2. The van der Waals surface area contributed by atoms with E-state index in [9.17, 15) is 4.39 Å². The lowest BCUT2D eigenvalue weighted by molar-refractivity contribution is 0.314. The number of benzene rings is 1. The Morgan fingerprint density at radius 1 is 1.24 bits per heavy atom. The zero-order chi connectivity index (χ0) is 17.5. The van der Waals surface area contributed by atoms with Gasteiger partial charge in [0.25, 0.3) is 0 Å². The van der Waals surface area contributed by atoms with Gasteiger partial charge in [0.05, 0.1) is 0 Å². The van der Waals surface area contributed by atoms with Crippen molar-refractivity contribution in [2.75, 3.05) is 39.0 Å². The molecule has 0 spiro atoms. The van der Waals surface area contributed by atoms with E-state index in [-0.39, 0.29) is 5.82 Å². The van der Waals surface area contributed by atoms with Gasteiger partial charge in [0.2, 0.25) is 0 Å². The molecular formula is C19H29FN4S. The molecule has 1 saturated carbocycles. The molecule has 6 heteroatoms. The molecular weight excluding hydrogens is 335 g/mol. The Morgan fingerprint density at radius 3 is 2.76 bits per heavy atom. The van der Waals surface area contributed by atoms with Crippen LogP contribution in [0.1, 0.15) is 25.7 Å². The zero-order valence-corrected chi connectivity index (χ0v) is 15.8. The topological polar surface area (TPSA) is 39.7 Å². The van der Waals surface area contributed by atoms with Crippen molar-refractivity contribution in [1.29, 1.82) is 0 Å². The van der Waals surface area contributed by atoms with E-state index in [2.05, 4.69) is 20.5 Å². The van der Waals surface area contributed by atoms with Crippen molar-refractivity contribution >= 4 is 17.7 Å². The van der Waals surface area contributed by atoms with Gasteiger partial charge in [-0.1, -0.05) is 0 Å². The molecule has 4 nitrogen and oxygen atoms in total. The van der Waals surface area contributed by atoms with Gasteiger partial charge in [-0.25, -0.2) is 4.39 Å². The number of hydrogen-bond acceptors (Lipinski definition) is 3. The normalized spacial score (nSPS) is 21.5. The molecule has 1 aliphatic carbocycles. The largest absolute Gasteiger partial charge is 0.356 e. The Labute approximate surface area is 154 Å². The Bertz CT molecular complexity index is 559. The lowest BCUT2D eigenvalue weighted by Gasteiger charge is -2.17. The third kappa shape index (κ3) is 6.19. The summed E-state index contributed by atoms with van der Waals surface area (Å²) in [5.41, 5.74) is 0. The van der Waals surface area contributed by atoms with Gasteiger partial charge < -0.3 is 15.5 Å². The number of likely N-dealkylation sites (tertiary alicyclic amines) is 1. The third-order valence-corrected chi connectivity index (χ3v) is 5.96. The van der Waals surface area contributed by atoms with E-state index in [1.807, 2.05) is 19.2 Å². The van der Waals surface area contributed by atoms with E-state index in [1.165, 1.54) is 44.5 Å². The molecule has 0 radical (unpaired) electrons. The first-order valence-corrected chi connectivity index (χ1v) is 10.3. The number of guanidine groups is 1. The second kappa shape index (κ2) is 9.43. The fourth-order valence-corrected chi connectivity index (χ4v) is 4.11. The predicted octanol–water partition coefficient (Wildman–Crippen LogP) is 2.96. The quantitative estimate of drug-likeness (QED) is 0.322. The number of nitrogens with one attached hydrogen (secondary N) is 2. The molecule has 2 aliphatic rings. The lowest BCUT2D eigenvalue weighted by Crippen LogP contribution is -2.40. The van der Waals surface area contributed by atoms with Gasteiger partial charge in [-0.05, 0) is 68.2 Å². The van der Waals surface area contributed by atoms with Gasteiger partial charge in [0.1, 0.15) is 5.82 Å². The highest BCUT2D eigenvalue weighted by Crippen LogP contribution is 2.31. The maximum atomic E-state index is 12.9. The molecule has 2 fully saturated rings. The first kappa shape index (κ1) is 18.5. The van der Waals surface area contributed by atoms with Gasteiger partial charge in [0, 0.05) is 37.6 Å². The van der Waals surface area contributed by atoms with Gasteiger partial charge in [-0.15, -0.1) is 11.8 Å². The molecule has 0 bridgehead atoms. The molecule has 1 heterocycles. The van der Waals surface area contributed by atoms with Crippen molar-refractivity contribution < 1.29 is 4.39 Å². The standard InChI is InChI=1S/C19H29FN4S/c1-21-19(23-13-15-9-11-24(14-15)17-5-6-17)22-10-2-12-25-18-7-3-16(20)4-8-18/h3-4,7-8,15,17H,2,5-6,9-14H2,1H3,(H2,21,22,23). The molecule has 1 aromatic carbocycles. The van der Waals surface area contributed by atoms with Crippen molar-refractivity contribution in [3.63, 3.8) is 0 Å². The maximum Gasteiger partial charge on any atom is 0.190 e. The van der Waals surface area contributed by atoms with Crippen LogP contribution < -0.4 is 10.6 Å². The van der Waals surface area contributed by atoms with Crippen LogP contribution in [0.3, 0.4) is 0 Å². The SMILES string of the molecule is CN=C(NCCCSc1ccc(F)cc1)NCC1CCN(C2CC2)C1. The monoisotopic (exact) mass is 364 g/mol. The second-order valence-electron chi connectivity index (χ2n) is 6.92. The van der Waals surface area contributed by atoms with Gasteiger partial charge in [-0.2, -0.15) is 0 Å². The van der Waals surface area contributed by atoms with E-state index in [1.54, 1.807) is 11.8 Å². The van der Waals surface area contributed by atoms with Crippen LogP contribution >= 0.6 is 11.8 Å². The Morgan fingerprint density at radius 2 is 2.04 bits per heavy atom. The summed E-state index contributed by atoms with van der Waals surface area (Å²) >= 11 is 1.76. The number of hydrogen-bond donors (Lipinski definition) is 2. The summed E-state index contributed by atoms with van der Waals surface area (Å²) < 4.78 is 12.9. The second-order valence-corrected chi connectivity index (χ2v) is 8.08. The highest BCUT2D eigenvalue weighted by molar-refractivity contribution is 7.99. The molecule has 3 rings (SSSR count). The molecule has 2 N–H and O–H groups in total. The Hall–Kier alpha value is -1.27. The summed E-state index contributed by atoms with van der Waals surface area (Å²) in [4.78, 5) is 8.08. The molecule has 0 aromatic heterocycles. The average molecular weight is 365 g/mol. The molecule has 0 amide bonds. The summed E-state index contributed by atoms with van der Waals surface area (Å²) in [6.07, 6.45) is 5.15. The molecule has 138 valence electrons. The van der Waals surface area contributed by atoms with Gasteiger partial charge >= 0.3 is 0 Å². The minimum atomic E-state index is -0.177. The van der Waals surface area contributed by atoms with Gasteiger partial charge in [-0.3, -0.25) is 4.99 Å². The van der Waals surface area contributed by atoms with Crippen LogP contribution in [0, 0.1) is 11.7 Å². The molecule has 1 unspecified atom stereocenters. The first-order chi connectivity index (χ1) is 12.2. The van der Waals surface area contributed by atoms with Crippen molar-refractivity contribution in [3.8, 4) is 0 Å². The number of nitrogens with zero attached hydrogens (tertiary/aromatic N) is 2. The van der Waals surface area contributed by atoms with Crippen molar-refractivity contribution in [1.82, 2.24) is 15.5 Å². The Balaban J connectivity index is 1.25. The number of thioether (sulfide) groups is 1. The smallest absolute Gasteiger partial charge is 0.190 e. The summed E-state index contributed by atoms with van der Waals surface area (Å²) in [6, 6.07) is 7.58. The van der Waals surface area contributed by atoms with E-state index in [4.69, 9.17) is 0 Å². The number of rotatable bonds is 8. The van der Waals surface area contributed by atoms with Crippen LogP contribution in [-0.2, 0) is 0 Å². The summed E-state index contributed by atoms with van der Waals surface area (Å²) in [5.74, 6) is 2.47. The summed E-state index contributed by atoms with van der Waals surface area (Å²) in [7, 11) is 1.83. The fourth-order valence-electron chi connectivity index (χ4n) is 3.26. The molecule has 1 aromatic rings. The zero-order valence-electron chi connectivity index (χ0n) is 15.0. The van der Waals surface area contributed by atoms with Crippen molar-refractivity contribution in [2.45, 2.75) is 36.6 Å². The highest BCUT2D eigenvalue weighted by Gasteiger charge is 2.34. The maximum absolute atomic E-state index is 12.9. The van der Waals surface area contributed by atoms with E-state index in [0.29, 0.717) is 0 Å². The van der Waals surface area contributed by atoms with Gasteiger partial charge in [0.15, 0.2) is 5.96 Å². The first-order valence-electron chi connectivity index (χ1n) is 9.31. The van der Waals surface area contributed by atoms with E-state index < -0.39 is 0 Å². The van der Waals surface area contributed by atoms with Crippen LogP contribution in [-0.4, -0.2) is 55.9 Å². The number of halogens is 1. The minimum Gasteiger partial charge on any atom is -0.356 e. The molecule has 1 saturated heterocycles.